The molecule has 0 bridgehead atoms. The van der Waals surface area contributed by atoms with Crippen LogP contribution in [-0.4, -0.2) is 8.07 Å². The Kier molecular flexibility index (Phi) is 9.54. The fourth-order valence-corrected chi connectivity index (χ4v) is 11.7. The molecule has 0 atom stereocenters. The van der Waals surface area contributed by atoms with Gasteiger partial charge in [0.05, 0.1) is 0 Å². The minimum absolute atomic E-state index is 0.545. The minimum atomic E-state index is -2.56. The molecule has 0 unspecified atom stereocenters. The molecule has 0 saturated heterocycles. The third-order valence-electron chi connectivity index (χ3n) is 8.95. The summed E-state index contributed by atoms with van der Waals surface area (Å²) in [5.41, 5.74) is 10.4. The highest BCUT2D eigenvalue weighted by Crippen LogP contribution is 2.32. The van der Waals surface area contributed by atoms with Crippen LogP contribution in [0.4, 0.5) is 0 Å². The largest absolute Gasteiger partial charge is 0.176 e. The molecule has 0 spiro atoms. The highest BCUT2D eigenvalue weighted by atomic mass is 28.3. The standard InChI is InChI=1S/C38H50Si/c1-9-28-17-29(10-2)21-36(20-28)39(35-16-15-34(26-35)27(7)8,37-22-30(11-3)18-31(12-4)23-37)38-24-32(13-5)19-33(14-6)25-38/h15,17-27H,9-14,16H2,1-8H3. The van der Waals surface area contributed by atoms with Crippen molar-refractivity contribution in [2.75, 3.05) is 0 Å². The number of aryl methyl sites for hydroxylation is 6. The Labute approximate surface area is 240 Å². The smallest absolute Gasteiger partial charge is 0.0773 e. The molecular weight excluding hydrogens is 485 g/mol. The van der Waals surface area contributed by atoms with E-state index in [0.717, 1.165) is 44.9 Å². The molecule has 3 aromatic rings. The maximum atomic E-state index is 2.62. The lowest BCUT2D eigenvalue weighted by Gasteiger charge is -2.37. The first kappa shape index (κ1) is 29.3. The summed E-state index contributed by atoms with van der Waals surface area (Å²) in [4.78, 5) is 0. The van der Waals surface area contributed by atoms with Gasteiger partial charge in [-0.15, -0.1) is 0 Å². The van der Waals surface area contributed by atoms with Crippen LogP contribution in [0.25, 0.3) is 0 Å². The average Bonchev–Trinajstić information content (AvgIpc) is 3.47. The molecule has 0 nitrogen and oxygen atoms in total. The third-order valence-corrected chi connectivity index (χ3v) is 13.7. The molecule has 4 rings (SSSR count). The summed E-state index contributed by atoms with van der Waals surface area (Å²) in [5, 5.41) is 6.39. The highest BCUT2D eigenvalue weighted by molar-refractivity contribution is 7.16. The summed E-state index contributed by atoms with van der Waals surface area (Å²) in [6.45, 7) is 18.6. The van der Waals surface area contributed by atoms with Gasteiger partial charge in [0, 0.05) is 0 Å². The molecule has 0 N–H and O–H groups in total. The molecule has 1 heteroatoms. The van der Waals surface area contributed by atoms with Crippen LogP contribution < -0.4 is 15.6 Å². The third kappa shape index (κ3) is 5.80. The molecule has 0 heterocycles. The van der Waals surface area contributed by atoms with Crippen molar-refractivity contribution in [3.63, 3.8) is 0 Å². The first-order valence-corrected chi connectivity index (χ1v) is 17.6. The highest BCUT2D eigenvalue weighted by Gasteiger charge is 2.44. The second-order valence-corrected chi connectivity index (χ2v) is 15.6. The van der Waals surface area contributed by atoms with Crippen LogP contribution in [-0.2, 0) is 38.5 Å². The number of hydrogen-bond donors (Lipinski definition) is 0. The zero-order chi connectivity index (χ0) is 28.2. The predicted octanol–water partition coefficient (Wildman–Crippen LogP) is 7.98. The van der Waals surface area contributed by atoms with Crippen LogP contribution in [0.5, 0.6) is 0 Å². The van der Waals surface area contributed by atoms with Gasteiger partial charge in [-0.25, -0.2) is 0 Å². The Hall–Kier alpha value is -2.64. The average molecular weight is 535 g/mol. The van der Waals surface area contributed by atoms with E-state index in [0.29, 0.717) is 5.92 Å². The van der Waals surface area contributed by atoms with E-state index in [1.807, 2.05) is 0 Å². The van der Waals surface area contributed by atoms with Crippen LogP contribution in [0.1, 0.15) is 95.2 Å². The molecule has 0 fully saturated rings. The van der Waals surface area contributed by atoms with E-state index in [9.17, 15) is 0 Å². The van der Waals surface area contributed by atoms with Crippen molar-refractivity contribution in [2.45, 2.75) is 100 Å². The molecule has 0 aliphatic heterocycles. The maximum absolute atomic E-state index is 2.62. The van der Waals surface area contributed by atoms with Crippen LogP contribution >= 0.6 is 0 Å². The first-order valence-electron chi connectivity index (χ1n) is 15.6. The van der Waals surface area contributed by atoms with Gasteiger partial charge in [-0.05, 0) is 105 Å². The van der Waals surface area contributed by atoms with Crippen molar-refractivity contribution in [3.05, 3.63) is 111 Å². The number of benzene rings is 3. The normalized spacial score (nSPS) is 13.7. The summed E-state index contributed by atoms with van der Waals surface area (Å²) in [7, 11) is -2.56. The van der Waals surface area contributed by atoms with Crippen LogP contribution in [0.15, 0.2) is 77.5 Å². The Morgan fingerprint density at radius 2 is 0.821 bits per heavy atom. The Morgan fingerprint density at radius 1 is 0.513 bits per heavy atom. The second-order valence-electron chi connectivity index (χ2n) is 11.7. The summed E-state index contributed by atoms with van der Waals surface area (Å²) >= 11 is 0. The second kappa shape index (κ2) is 12.7. The molecule has 0 radical (unpaired) electrons. The van der Waals surface area contributed by atoms with Gasteiger partial charge in [0.1, 0.15) is 0 Å². The monoisotopic (exact) mass is 534 g/mol. The number of allylic oxidation sites excluding steroid dienone is 4. The van der Waals surface area contributed by atoms with Gasteiger partial charge in [-0.1, -0.05) is 127 Å². The number of hydrogen-bond acceptors (Lipinski definition) is 0. The van der Waals surface area contributed by atoms with Gasteiger partial charge in [0.15, 0.2) is 8.07 Å². The molecular formula is C38H50Si. The Balaban J connectivity index is 2.22. The van der Waals surface area contributed by atoms with Crippen molar-refractivity contribution in [1.29, 1.82) is 0 Å². The van der Waals surface area contributed by atoms with Gasteiger partial charge in [0.2, 0.25) is 0 Å². The van der Waals surface area contributed by atoms with Crippen molar-refractivity contribution in [2.24, 2.45) is 5.92 Å². The van der Waals surface area contributed by atoms with E-state index in [-0.39, 0.29) is 0 Å². The predicted molar refractivity (Wildman–Crippen MR) is 176 cm³/mol. The first-order chi connectivity index (χ1) is 18.8. The molecule has 39 heavy (non-hydrogen) atoms. The van der Waals surface area contributed by atoms with E-state index in [2.05, 4.69) is 122 Å². The van der Waals surface area contributed by atoms with Gasteiger partial charge in [0.25, 0.3) is 0 Å². The lowest BCUT2D eigenvalue weighted by Crippen LogP contribution is -2.69. The Morgan fingerprint density at radius 3 is 1.05 bits per heavy atom. The Bertz CT molecular complexity index is 1170. The van der Waals surface area contributed by atoms with Crippen LogP contribution in [0.2, 0.25) is 0 Å². The number of rotatable bonds is 11. The summed E-state index contributed by atoms with van der Waals surface area (Å²) in [5.74, 6) is 0.545. The topological polar surface area (TPSA) is 0 Å². The van der Waals surface area contributed by atoms with Crippen molar-refractivity contribution >= 4 is 23.6 Å². The van der Waals surface area contributed by atoms with Crippen molar-refractivity contribution in [1.82, 2.24) is 0 Å². The van der Waals surface area contributed by atoms with E-state index in [1.54, 1.807) is 20.8 Å². The molecule has 1 aliphatic carbocycles. The van der Waals surface area contributed by atoms with Gasteiger partial charge in [-0.3, -0.25) is 0 Å². The molecule has 3 aromatic carbocycles. The summed E-state index contributed by atoms with van der Waals surface area (Å²) < 4.78 is 0. The lowest BCUT2D eigenvalue weighted by atomic mass is 10.1. The van der Waals surface area contributed by atoms with E-state index >= 15 is 0 Å². The van der Waals surface area contributed by atoms with Gasteiger partial charge < -0.3 is 0 Å². The van der Waals surface area contributed by atoms with E-state index in [1.165, 1.54) is 39.0 Å². The van der Waals surface area contributed by atoms with Crippen LogP contribution in [0.3, 0.4) is 0 Å². The minimum Gasteiger partial charge on any atom is -0.0773 e. The van der Waals surface area contributed by atoms with E-state index in [4.69, 9.17) is 0 Å². The van der Waals surface area contributed by atoms with Gasteiger partial charge in [-0.2, -0.15) is 0 Å². The van der Waals surface area contributed by atoms with Crippen LogP contribution in [0, 0.1) is 5.92 Å². The van der Waals surface area contributed by atoms with E-state index < -0.39 is 8.07 Å². The lowest BCUT2D eigenvalue weighted by molar-refractivity contribution is 0.793. The zero-order valence-corrected chi connectivity index (χ0v) is 26.9. The SMILES string of the molecule is CCc1cc(CC)cc([Si](C2=CC(C(C)C)=CC2)(c2cc(CC)cc(CC)c2)c2cc(CC)cc(CC)c2)c1. The maximum Gasteiger partial charge on any atom is 0.176 e. The fraction of sp³-hybridized carbons (Fsp3) is 0.421. The van der Waals surface area contributed by atoms with Crippen molar-refractivity contribution in [3.8, 4) is 0 Å². The van der Waals surface area contributed by atoms with Crippen molar-refractivity contribution < 1.29 is 0 Å². The summed E-state index contributed by atoms with van der Waals surface area (Å²) in [6.07, 6.45) is 12.7. The fourth-order valence-electron chi connectivity index (χ4n) is 6.43. The quantitative estimate of drug-likeness (QED) is 0.173. The molecule has 206 valence electrons. The zero-order valence-electron chi connectivity index (χ0n) is 25.9. The molecule has 0 saturated carbocycles. The molecule has 1 aliphatic rings. The molecule has 0 amide bonds. The van der Waals surface area contributed by atoms with Gasteiger partial charge >= 0.3 is 0 Å². The summed E-state index contributed by atoms with van der Waals surface area (Å²) in [6, 6.07) is 22.9. The molecule has 0 aromatic heterocycles.